The Balaban J connectivity index is 1.82. The Morgan fingerprint density at radius 3 is 2.76 bits per heavy atom. The number of fused-ring (bicyclic) bond motifs is 4. The van der Waals surface area contributed by atoms with E-state index in [9.17, 15) is 14.0 Å². The number of carbonyl (C=O) groups is 1. The highest BCUT2D eigenvalue weighted by Gasteiger charge is 2.35. The van der Waals surface area contributed by atoms with Gasteiger partial charge in [-0.2, -0.15) is 0 Å². The van der Waals surface area contributed by atoms with Crippen molar-refractivity contribution in [2.24, 2.45) is 5.92 Å². The Morgan fingerprint density at radius 2 is 2.00 bits per heavy atom. The highest BCUT2D eigenvalue weighted by Crippen LogP contribution is 2.37. The summed E-state index contributed by atoms with van der Waals surface area (Å²) in [5, 5.41) is 0.426. The van der Waals surface area contributed by atoms with Gasteiger partial charge in [-0.3, -0.25) is 9.59 Å². The van der Waals surface area contributed by atoms with E-state index in [1.807, 2.05) is 11.0 Å². The topological polar surface area (TPSA) is 42.3 Å². The molecule has 0 spiro atoms. The lowest BCUT2D eigenvalue weighted by Crippen LogP contribution is -2.48. The molecule has 1 fully saturated rings. The van der Waals surface area contributed by atoms with E-state index < -0.39 is 5.82 Å². The van der Waals surface area contributed by atoms with Crippen molar-refractivity contribution in [3.8, 4) is 11.1 Å². The maximum absolute atomic E-state index is 14.2. The molecule has 4 nitrogen and oxygen atoms in total. The number of nitrogens with zero attached hydrogens (tertiary/aromatic N) is 2. The van der Waals surface area contributed by atoms with Crippen LogP contribution in [0.15, 0.2) is 35.1 Å². The third kappa shape index (κ3) is 2.86. The number of aromatic nitrogens is 1. The van der Waals surface area contributed by atoms with Gasteiger partial charge in [0.25, 0.3) is 5.56 Å². The fraction of sp³-hybridized carbons (Fsp3) is 0.368. The van der Waals surface area contributed by atoms with E-state index in [1.54, 1.807) is 11.5 Å². The molecule has 0 radical (unpaired) electrons. The number of pyridine rings is 1. The standard InChI is InChI=1S/C19H18ClFN2O2/c1-11(24)22-8-12-4-14(10-22)18-5-13(6-19(25)23(18)9-12)16-7-15(20)2-3-17(16)21/h2-3,5-7,12,14H,4,8-10H2,1H3/t12-,14+/m0/s1. The van der Waals surface area contributed by atoms with Crippen LogP contribution >= 0.6 is 11.6 Å². The van der Waals surface area contributed by atoms with Crippen LogP contribution < -0.4 is 5.56 Å². The maximum Gasteiger partial charge on any atom is 0.251 e. The van der Waals surface area contributed by atoms with Crippen molar-refractivity contribution in [1.82, 2.24) is 9.47 Å². The van der Waals surface area contributed by atoms with E-state index in [2.05, 4.69) is 0 Å². The molecule has 0 saturated carbocycles. The average Bonchev–Trinajstić information content (AvgIpc) is 2.57. The quantitative estimate of drug-likeness (QED) is 0.783. The predicted octanol–water partition coefficient (Wildman–Crippen LogP) is 3.27. The number of rotatable bonds is 1. The maximum atomic E-state index is 14.2. The van der Waals surface area contributed by atoms with E-state index in [4.69, 9.17) is 11.6 Å². The Kier molecular flexibility index (Phi) is 3.91. The summed E-state index contributed by atoms with van der Waals surface area (Å²) in [5.41, 5.74) is 1.62. The van der Waals surface area contributed by atoms with Crippen molar-refractivity contribution >= 4 is 17.5 Å². The second-order valence-electron chi connectivity index (χ2n) is 6.96. The van der Waals surface area contributed by atoms with Gasteiger partial charge in [0.05, 0.1) is 0 Å². The second kappa shape index (κ2) is 5.99. The lowest BCUT2D eigenvalue weighted by atomic mass is 9.82. The van der Waals surface area contributed by atoms with E-state index in [0.29, 0.717) is 41.7 Å². The summed E-state index contributed by atoms with van der Waals surface area (Å²) < 4.78 is 16.0. The molecule has 3 heterocycles. The number of carbonyl (C=O) groups excluding carboxylic acids is 1. The van der Waals surface area contributed by atoms with Crippen LogP contribution in [0.25, 0.3) is 11.1 Å². The minimum Gasteiger partial charge on any atom is -0.342 e. The van der Waals surface area contributed by atoms with Gasteiger partial charge in [0.15, 0.2) is 0 Å². The lowest BCUT2D eigenvalue weighted by Gasteiger charge is -2.42. The Hall–Kier alpha value is -2.14. The van der Waals surface area contributed by atoms with Gasteiger partial charge in [0.1, 0.15) is 5.82 Å². The van der Waals surface area contributed by atoms with Crippen LogP contribution in [0.2, 0.25) is 5.02 Å². The highest BCUT2D eigenvalue weighted by molar-refractivity contribution is 6.30. The third-order valence-electron chi connectivity index (χ3n) is 5.24. The van der Waals surface area contributed by atoms with E-state index in [-0.39, 0.29) is 17.4 Å². The predicted molar refractivity (Wildman–Crippen MR) is 94.2 cm³/mol. The molecule has 1 amide bonds. The lowest BCUT2D eigenvalue weighted by molar-refractivity contribution is -0.131. The number of likely N-dealkylation sites (tertiary alicyclic amines) is 1. The Labute approximate surface area is 149 Å². The van der Waals surface area contributed by atoms with Crippen molar-refractivity contribution in [2.45, 2.75) is 25.8 Å². The molecule has 2 aromatic rings. The summed E-state index contributed by atoms with van der Waals surface area (Å²) in [5.74, 6) is 0.0480. The summed E-state index contributed by atoms with van der Waals surface area (Å²) in [6.07, 6.45) is 0.949. The van der Waals surface area contributed by atoms with Gasteiger partial charge < -0.3 is 9.47 Å². The number of piperidine rings is 1. The minimum absolute atomic E-state index is 0.0579. The second-order valence-corrected chi connectivity index (χ2v) is 7.40. The molecule has 0 unspecified atom stereocenters. The van der Waals surface area contributed by atoms with Crippen LogP contribution in [-0.4, -0.2) is 28.5 Å². The van der Waals surface area contributed by atoms with Crippen molar-refractivity contribution in [2.75, 3.05) is 13.1 Å². The van der Waals surface area contributed by atoms with Gasteiger partial charge in [0, 0.05) is 54.8 Å². The summed E-state index contributed by atoms with van der Waals surface area (Å²) in [6.45, 7) is 3.48. The van der Waals surface area contributed by atoms with Crippen LogP contribution in [0.5, 0.6) is 0 Å². The molecular formula is C19H18ClFN2O2. The number of halogens is 2. The monoisotopic (exact) mass is 360 g/mol. The van der Waals surface area contributed by atoms with Gasteiger partial charge >= 0.3 is 0 Å². The molecule has 0 aliphatic carbocycles. The summed E-state index contributed by atoms with van der Waals surface area (Å²) in [7, 11) is 0. The zero-order valence-electron chi connectivity index (χ0n) is 13.8. The zero-order valence-corrected chi connectivity index (χ0v) is 14.6. The van der Waals surface area contributed by atoms with Crippen molar-refractivity contribution in [3.63, 3.8) is 0 Å². The van der Waals surface area contributed by atoms with Crippen LogP contribution in [-0.2, 0) is 11.3 Å². The molecule has 2 aliphatic rings. The van der Waals surface area contributed by atoms with Crippen LogP contribution in [0.1, 0.15) is 25.0 Å². The molecule has 1 aromatic carbocycles. The van der Waals surface area contributed by atoms with Crippen molar-refractivity contribution < 1.29 is 9.18 Å². The summed E-state index contributed by atoms with van der Waals surface area (Å²) >= 11 is 5.99. The zero-order chi connectivity index (χ0) is 17.7. The van der Waals surface area contributed by atoms with Gasteiger partial charge in [-0.1, -0.05) is 11.6 Å². The van der Waals surface area contributed by atoms with Crippen LogP contribution in [0, 0.1) is 11.7 Å². The van der Waals surface area contributed by atoms with E-state index >= 15 is 0 Å². The van der Waals surface area contributed by atoms with Crippen molar-refractivity contribution in [3.05, 3.63) is 57.2 Å². The molecule has 1 aromatic heterocycles. The first-order valence-electron chi connectivity index (χ1n) is 8.38. The van der Waals surface area contributed by atoms with Crippen LogP contribution in [0.4, 0.5) is 4.39 Å². The molecule has 25 heavy (non-hydrogen) atoms. The normalized spacial score (nSPS) is 21.8. The molecular weight excluding hydrogens is 343 g/mol. The average molecular weight is 361 g/mol. The number of hydrogen-bond acceptors (Lipinski definition) is 2. The first-order valence-corrected chi connectivity index (χ1v) is 8.76. The van der Waals surface area contributed by atoms with E-state index in [0.717, 1.165) is 12.1 Å². The molecule has 130 valence electrons. The number of amides is 1. The van der Waals surface area contributed by atoms with Gasteiger partial charge in [-0.05, 0) is 42.2 Å². The van der Waals surface area contributed by atoms with Gasteiger partial charge in [-0.15, -0.1) is 0 Å². The van der Waals surface area contributed by atoms with E-state index in [1.165, 1.54) is 24.3 Å². The smallest absolute Gasteiger partial charge is 0.251 e. The first kappa shape index (κ1) is 16.3. The summed E-state index contributed by atoms with van der Waals surface area (Å²) in [6, 6.07) is 7.69. The Morgan fingerprint density at radius 1 is 1.20 bits per heavy atom. The van der Waals surface area contributed by atoms with Gasteiger partial charge in [0.2, 0.25) is 5.91 Å². The fourth-order valence-corrected chi connectivity index (χ4v) is 4.26. The highest BCUT2D eigenvalue weighted by atomic mass is 35.5. The molecule has 0 N–H and O–H groups in total. The molecule has 2 aliphatic heterocycles. The summed E-state index contributed by atoms with van der Waals surface area (Å²) in [4.78, 5) is 26.2. The van der Waals surface area contributed by atoms with Crippen molar-refractivity contribution in [1.29, 1.82) is 0 Å². The number of hydrogen-bond donors (Lipinski definition) is 0. The SMILES string of the molecule is CC(=O)N1C[C@@H]2C[C@H](C1)c1cc(-c3cc(Cl)ccc3F)cc(=O)n1C2. The van der Waals surface area contributed by atoms with Gasteiger partial charge in [-0.25, -0.2) is 4.39 Å². The molecule has 2 atom stereocenters. The minimum atomic E-state index is -0.406. The molecule has 1 saturated heterocycles. The first-order chi connectivity index (χ1) is 11.9. The molecule has 2 bridgehead atoms. The molecule has 4 rings (SSSR count). The number of benzene rings is 1. The third-order valence-corrected chi connectivity index (χ3v) is 5.48. The largest absolute Gasteiger partial charge is 0.342 e. The van der Waals surface area contributed by atoms with Crippen LogP contribution in [0.3, 0.4) is 0 Å². The molecule has 6 heteroatoms. The Bertz CT molecular complexity index is 924. The fourth-order valence-electron chi connectivity index (χ4n) is 4.09.